The van der Waals surface area contributed by atoms with Gasteiger partial charge in [-0.2, -0.15) is 0 Å². The first-order chi connectivity index (χ1) is 8.56. The second-order valence-electron chi connectivity index (χ2n) is 4.23. The average Bonchev–Trinajstić information content (AvgIpc) is 2.75. The predicted octanol–water partition coefficient (Wildman–Crippen LogP) is 2.82. The van der Waals surface area contributed by atoms with E-state index in [2.05, 4.69) is 0 Å². The van der Waals surface area contributed by atoms with Crippen molar-refractivity contribution in [3.8, 4) is 0 Å². The number of thiophene rings is 1. The third-order valence-corrected chi connectivity index (χ3v) is 3.58. The Labute approximate surface area is 109 Å². The Balaban J connectivity index is 2.72. The van der Waals surface area contributed by atoms with Crippen molar-refractivity contribution in [1.29, 1.82) is 0 Å². The number of carbonyl (C=O) groups is 1. The molecule has 0 unspecified atom stereocenters. The highest BCUT2D eigenvalue weighted by molar-refractivity contribution is 7.16. The Morgan fingerprint density at radius 3 is 2.83 bits per heavy atom. The normalized spacial score (nSPS) is 11.1. The van der Waals surface area contributed by atoms with Crippen molar-refractivity contribution in [3.05, 3.63) is 33.4 Å². The van der Waals surface area contributed by atoms with Crippen molar-refractivity contribution in [1.82, 2.24) is 4.57 Å². The van der Waals surface area contributed by atoms with Gasteiger partial charge in [-0.15, -0.1) is 11.3 Å². The summed E-state index contributed by atoms with van der Waals surface area (Å²) in [6.07, 6.45) is 0. The molecule has 0 spiro atoms. The number of rotatable bonds is 3. The molecule has 4 nitrogen and oxygen atoms in total. The molecule has 0 aliphatic heterocycles. The number of fused-ring (bicyclic) bond motifs is 1. The van der Waals surface area contributed by atoms with Crippen LogP contribution < -0.4 is 5.56 Å². The maximum Gasteiger partial charge on any atom is 0.343 e. The van der Waals surface area contributed by atoms with Crippen molar-refractivity contribution >= 4 is 27.5 Å². The van der Waals surface area contributed by atoms with Gasteiger partial charge in [-0.3, -0.25) is 9.36 Å². The fourth-order valence-electron chi connectivity index (χ4n) is 1.88. The van der Waals surface area contributed by atoms with E-state index in [0.29, 0.717) is 0 Å². The molecule has 0 bridgehead atoms. The molecule has 0 atom stereocenters. The van der Waals surface area contributed by atoms with Gasteiger partial charge in [0.25, 0.3) is 5.56 Å². The molecule has 0 saturated heterocycles. The third kappa shape index (κ3) is 2.06. The summed E-state index contributed by atoms with van der Waals surface area (Å²) >= 11 is 1.50. The van der Waals surface area contributed by atoms with Gasteiger partial charge >= 0.3 is 5.97 Å². The first-order valence-electron chi connectivity index (χ1n) is 5.86. The van der Waals surface area contributed by atoms with Crippen LogP contribution in [0.25, 0.3) is 10.2 Å². The number of carbonyl (C=O) groups excluding carboxylic acids is 1. The molecule has 2 heterocycles. The lowest BCUT2D eigenvalue weighted by molar-refractivity contribution is 0.0524. The summed E-state index contributed by atoms with van der Waals surface area (Å²) < 4.78 is 6.57. The minimum atomic E-state index is -0.551. The fourth-order valence-corrected chi connectivity index (χ4v) is 2.89. The molecule has 0 amide bonds. The molecule has 18 heavy (non-hydrogen) atoms. The molecule has 2 aromatic rings. The first kappa shape index (κ1) is 12.8. The van der Waals surface area contributed by atoms with Crippen LogP contribution in [0.3, 0.4) is 0 Å². The van der Waals surface area contributed by atoms with Crippen molar-refractivity contribution in [2.24, 2.45) is 0 Å². The van der Waals surface area contributed by atoms with E-state index in [9.17, 15) is 9.59 Å². The van der Waals surface area contributed by atoms with Crippen LogP contribution in [0.15, 0.2) is 22.3 Å². The quantitative estimate of drug-likeness (QED) is 0.802. The zero-order valence-corrected chi connectivity index (χ0v) is 11.4. The summed E-state index contributed by atoms with van der Waals surface area (Å²) in [5.74, 6) is -0.551. The summed E-state index contributed by atoms with van der Waals surface area (Å²) in [4.78, 5) is 25.0. The van der Waals surface area contributed by atoms with Crippen molar-refractivity contribution < 1.29 is 9.53 Å². The van der Waals surface area contributed by atoms with E-state index >= 15 is 0 Å². The van der Waals surface area contributed by atoms with E-state index in [-0.39, 0.29) is 23.8 Å². The van der Waals surface area contributed by atoms with E-state index in [1.807, 2.05) is 25.3 Å². The molecule has 0 saturated carbocycles. The lowest BCUT2D eigenvalue weighted by Crippen LogP contribution is -2.28. The molecule has 96 valence electrons. The van der Waals surface area contributed by atoms with Gasteiger partial charge in [-0.1, -0.05) is 0 Å². The number of ether oxygens (including phenoxy) is 1. The zero-order chi connectivity index (χ0) is 13.3. The van der Waals surface area contributed by atoms with Gasteiger partial charge in [0.15, 0.2) is 0 Å². The molecule has 0 aromatic carbocycles. The number of esters is 1. The highest BCUT2D eigenvalue weighted by Crippen LogP contribution is 2.23. The lowest BCUT2D eigenvalue weighted by Gasteiger charge is -2.13. The summed E-state index contributed by atoms with van der Waals surface area (Å²) in [5, 5.41) is 2.81. The molecular weight excluding hydrogens is 250 g/mol. The summed E-state index contributed by atoms with van der Waals surface area (Å²) in [6, 6.07) is 3.53. The minimum Gasteiger partial charge on any atom is -0.462 e. The number of nitrogens with zero attached hydrogens (tertiary/aromatic N) is 1. The minimum absolute atomic E-state index is 0.00743. The van der Waals surface area contributed by atoms with Gasteiger partial charge in [-0.05, 0) is 38.3 Å². The second kappa shape index (κ2) is 4.94. The maximum atomic E-state index is 12.3. The van der Waals surface area contributed by atoms with E-state index in [1.54, 1.807) is 17.6 Å². The van der Waals surface area contributed by atoms with E-state index in [4.69, 9.17) is 4.74 Å². The number of aromatic nitrogens is 1. The number of pyridine rings is 1. The van der Waals surface area contributed by atoms with Crippen LogP contribution in [0, 0.1) is 0 Å². The molecular formula is C13H15NO3S. The fraction of sp³-hybridized carbons (Fsp3) is 0.385. The maximum absolute atomic E-state index is 12.3. The standard InChI is InChI=1S/C13H15NO3S/c1-4-17-13(16)10-7-9-5-6-18-12(9)14(8(2)3)11(10)15/h5-8H,4H2,1-3H3. The second-order valence-corrected chi connectivity index (χ2v) is 5.12. The van der Waals surface area contributed by atoms with Crippen molar-refractivity contribution in [2.45, 2.75) is 26.8 Å². The first-order valence-corrected chi connectivity index (χ1v) is 6.74. The number of hydrogen-bond donors (Lipinski definition) is 0. The Hall–Kier alpha value is -1.62. The van der Waals surface area contributed by atoms with E-state index in [0.717, 1.165) is 10.2 Å². The Morgan fingerprint density at radius 1 is 1.50 bits per heavy atom. The van der Waals surface area contributed by atoms with Crippen LogP contribution >= 0.6 is 11.3 Å². The summed E-state index contributed by atoms with van der Waals surface area (Å²) in [7, 11) is 0. The van der Waals surface area contributed by atoms with Crippen LogP contribution in [0.5, 0.6) is 0 Å². The Bertz CT molecular complexity index is 639. The molecule has 2 aromatic heterocycles. The number of hydrogen-bond acceptors (Lipinski definition) is 4. The van der Waals surface area contributed by atoms with Gasteiger partial charge < -0.3 is 4.74 Å². The lowest BCUT2D eigenvalue weighted by atomic mass is 10.2. The summed E-state index contributed by atoms with van der Waals surface area (Å²) in [5.41, 5.74) is -0.171. The molecule has 0 aliphatic rings. The van der Waals surface area contributed by atoms with Crippen LogP contribution in [0.4, 0.5) is 0 Å². The third-order valence-electron chi connectivity index (χ3n) is 2.65. The Morgan fingerprint density at radius 2 is 2.22 bits per heavy atom. The monoisotopic (exact) mass is 265 g/mol. The predicted molar refractivity (Wildman–Crippen MR) is 72.4 cm³/mol. The van der Waals surface area contributed by atoms with Gasteiger partial charge in [0.2, 0.25) is 0 Å². The van der Waals surface area contributed by atoms with Crippen LogP contribution in [-0.2, 0) is 4.74 Å². The average molecular weight is 265 g/mol. The van der Waals surface area contributed by atoms with E-state index < -0.39 is 5.97 Å². The smallest absolute Gasteiger partial charge is 0.343 e. The highest BCUT2D eigenvalue weighted by Gasteiger charge is 2.18. The molecule has 0 N–H and O–H groups in total. The van der Waals surface area contributed by atoms with Crippen LogP contribution in [-0.4, -0.2) is 17.1 Å². The van der Waals surface area contributed by atoms with Gasteiger partial charge in [0.1, 0.15) is 10.4 Å². The molecule has 0 fully saturated rings. The molecule has 2 rings (SSSR count). The molecule has 0 aliphatic carbocycles. The van der Waals surface area contributed by atoms with Crippen LogP contribution in [0.1, 0.15) is 37.2 Å². The van der Waals surface area contributed by atoms with Crippen LogP contribution in [0.2, 0.25) is 0 Å². The summed E-state index contributed by atoms with van der Waals surface area (Å²) in [6.45, 7) is 5.84. The SMILES string of the molecule is CCOC(=O)c1cc2ccsc2n(C(C)C)c1=O. The van der Waals surface area contributed by atoms with Gasteiger partial charge in [-0.25, -0.2) is 4.79 Å². The van der Waals surface area contributed by atoms with Crippen molar-refractivity contribution in [3.63, 3.8) is 0 Å². The highest BCUT2D eigenvalue weighted by atomic mass is 32.1. The van der Waals surface area contributed by atoms with Crippen molar-refractivity contribution in [2.75, 3.05) is 6.61 Å². The molecule has 5 heteroatoms. The molecule has 0 radical (unpaired) electrons. The van der Waals surface area contributed by atoms with Gasteiger partial charge in [0, 0.05) is 11.4 Å². The zero-order valence-electron chi connectivity index (χ0n) is 10.6. The van der Waals surface area contributed by atoms with Gasteiger partial charge in [0.05, 0.1) is 6.61 Å². The van der Waals surface area contributed by atoms with E-state index in [1.165, 1.54) is 11.3 Å². The topological polar surface area (TPSA) is 48.3 Å². The Kier molecular flexibility index (Phi) is 3.52. The largest absolute Gasteiger partial charge is 0.462 e.